The van der Waals surface area contributed by atoms with Crippen LogP contribution in [-0.4, -0.2) is 188 Å². The van der Waals surface area contributed by atoms with E-state index in [0.717, 1.165) is 11.1 Å². The number of ketones is 1. The first kappa shape index (κ1) is 59.1. The number of aliphatic hydroxyl groups is 4. The Morgan fingerprint density at radius 2 is 1.13 bits per heavy atom. The highest BCUT2D eigenvalue weighted by Crippen LogP contribution is 2.71. The zero-order chi connectivity index (χ0) is 54.7. The molecule has 0 radical (unpaired) electrons. The molecular formula is C56H90O19. The summed E-state index contributed by atoms with van der Waals surface area (Å²) in [6, 6.07) is 0. The van der Waals surface area contributed by atoms with E-state index in [1.807, 2.05) is 47.6 Å². The van der Waals surface area contributed by atoms with Crippen molar-refractivity contribution in [1.82, 2.24) is 0 Å². The molecule has 24 atom stereocenters. The van der Waals surface area contributed by atoms with Gasteiger partial charge in [-0.1, -0.05) is 38.0 Å². The predicted molar refractivity (Wildman–Crippen MR) is 269 cm³/mol. The second-order valence-corrected chi connectivity index (χ2v) is 23.9. The lowest BCUT2D eigenvalue weighted by Gasteiger charge is -2.67. The van der Waals surface area contributed by atoms with Crippen LogP contribution >= 0.6 is 0 Å². The molecule has 75 heavy (non-hydrogen) atoms. The minimum atomic E-state index is -2.02. The molecule has 8 aliphatic rings. The molecule has 0 aromatic carbocycles. The van der Waals surface area contributed by atoms with Crippen LogP contribution in [-0.2, 0) is 71.2 Å². The molecule has 0 aromatic heterocycles. The van der Waals surface area contributed by atoms with Crippen molar-refractivity contribution in [1.29, 1.82) is 0 Å². The lowest BCUT2D eigenvalue weighted by atomic mass is 9.42. The van der Waals surface area contributed by atoms with E-state index in [1.54, 1.807) is 42.3 Å². The van der Waals surface area contributed by atoms with Crippen LogP contribution in [0.25, 0.3) is 0 Å². The topological polar surface area (TPSA) is 235 Å². The number of carbonyl (C=O) groups excluding carboxylic acids is 2. The van der Waals surface area contributed by atoms with E-state index < -0.39 is 144 Å². The summed E-state index contributed by atoms with van der Waals surface area (Å²) >= 11 is 0. The first-order valence-electron chi connectivity index (χ1n) is 27.6. The molecule has 4 aliphatic carbocycles. The Morgan fingerprint density at radius 3 is 1.60 bits per heavy atom. The quantitative estimate of drug-likeness (QED) is 0.0892. The average molecular weight is 1070 g/mol. The Bertz CT molecular complexity index is 2070. The van der Waals surface area contributed by atoms with Gasteiger partial charge in [0.05, 0.1) is 60.4 Å². The van der Waals surface area contributed by atoms with E-state index in [-0.39, 0.29) is 43.8 Å². The van der Waals surface area contributed by atoms with Gasteiger partial charge in [-0.3, -0.25) is 4.79 Å². The third-order valence-corrected chi connectivity index (χ3v) is 19.6. The number of hydrogen-bond acceptors (Lipinski definition) is 19. The van der Waals surface area contributed by atoms with E-state index in [9.17, 15) is 30.0 Å². The van der Waals surface area contributed by atoms with Crippen molar-refractivity contribution in [2.75, 3.05) is 28.4 Å². The highest BCUT2D eigenvalue weighted by atomic mass is 16.8. The molecule has 4 N–H and O–H groups in total. The smallest absolute Gasteiger partial charge is 0.330 e. The van der Waals surface area contributed by atoms with Crippen molar-refractivity contribution in [3.05, 3.63) is 23.3 Å². The molecule has 4 saturated heterocycles. The van der Waals surface area contributed by atoms with Gasteiger partial charge in [0.15, 0.2) is 30.9 Å². The lowest BCUT2D eigenvalue weighted by Crippen LogP contribution is -2.78. The number of fused-ring (bicyclic) bond motifs is 5. The molecule has 8 rings (SSSR count). The third-order valence-electron chi connectivity index (χ3n) is 19.6. The van der Waals surface area contributed by atoms with E-state index in [0.29, 0.717) is 44.9 Å². The molecule has 4 aliphatic heterocycles. The van der Waals surface area contributed by atoms with Gasteiger partial charge >= 0.3 is 5.97 Å². The maximum absolute atomic E-state index is 13.6. The first-order valence-corrected chi connectivity index (χ1v) is 27.6. The van der Waals surface area contributed by atoms with Crippen LogP contribution in [0.2, 0.25) is 0 Å². The van der Waals surface area contributed by atoms with Gasteiger partial charge < -0.3 is 82.0 Å². The summed E-state index contributed by atoms with van der Waals surface area (Å²) in [4.78, 5) is 26.9. The standard InChI is InChI=1S/C56H90O19/c1-28(2)29(3)21-43(58)72-42-27-41-52(9)17-16-36(22-35(52)15-18-55(41,61)56(62)20-19-54(60,34(8)57)53(42,56)10)71-44-24-38(64-12)49(31(5)68-44)74-46-26-40(66-14)51(33(7)70-46)75-47-25-39(65-13)50(32(6)69-47)73-45-23-37(63-11)48(59)30(4)67-45/h15,21,28,30-33,36-42,44-51,59-62H,16-20,22-27H2,1-14H3/b29-21+/t30?,31?,32?,33?,36-,37?,38?,39?,40?,41+,42+,44?,45?,46?,47?,48?,49?,50?,51?,52-,53+,54+,55-,56+/m0/s1. The normalized spacial score (nSPS) is 49.3. The molecule has 3 saturated carbocycles. The van der Waals surface area contributed by atoms with Crippen LogP contribution in [0.1, 0.15) is 140 Å². The minimum Gasteiger partial charge on any atom is -0.458 e. The Morgan fingerprint density at radius 1 is 0.667 bits per heavy atom. The summed E-state index contributed by atoms with van der Waals surface area (Å²) in [5, 5.41) is 48.5. The molecule has 19 heteroatoms. The number of esters is 1. The minimum absolute atomic E-state index is 0.0344. The van der Waals surface area contributed by atoms with Crippen molar-refractivity contribution < 1.29 is 91.6 Å². The molecule has 16 unspecified atom stereocenters. The summed E-state index contributed by atoms with van der Waals surface area (Å²) in [5.74, 6) is -1.61. The second-order valence-electron chi connectivity index (χ2n) is 23.9. The number of ether oxygens (including phenoxy) is 13. The van der Waals surface area contributed by atoms with Gasteiger partial charge in [0, 0.05) is 66.1 Å². The fourth-order valence-corrected chi connectivity index (χ4v) is 14.6. The maximum Gasteiger partial charge on any atom is 0.330 e. The van der Waals surface area contributed by atoms with Gasteiger partial charge in [0.25, 0.3) is 0 Å². The van der Waals surface area contributed by atoms with Crippen LogP contribution in [0.4, 0.5) is 0 Å². The van der Waals surface area contributed by atoms with E-state index >= 15 is 0 Å². The molecule has 0 aromatic rings. The molecular weight excluding hydrogens is 977 g/mol. The van der Waals surface area contributed by atoms with Gasteiger partial charge in [-0.15, -0.1) is 0 Å². The molecule has 0 bridgehead atoms. The second kappa shape index (κ2) is 22.8. The molecule has 4 heterocycles. The number of aliphatic hydroxyl groups excluding tert-OH is 1. The SMILES string of the molecule is COC1CC(OC2C(C)OC(OC3C(C)OC(OC4C(C)OC(O[C@H]5CC[C@@]6(C)C(=CC[C@]7(O)[C@@H]6C[C@@H](OC(=O)/C=C(\C)C(C)C)[C@@]6(C)[C@]7(O)CC[C@@]6(O)C(C)=O)C5)CC4OC)CC3OC)CC2OC)OC(C)C1O. The van der Waals surface area contributed by atoms with Gasteiger partial charge in [0.1, 0.15) is 47.3 Å². The first-order chi connectivity index (χ1) is 35.3. The average Bonchev–Trinajstić information content (AvgIpc) is 3.59. The van der Waals surface area contributed by atoms with Gasteiger partial charge in [-0.05, 0) is 105 Å². The largest absolute Gasteiger partial charge is 0.458 e. The number of hydrogen-bond donors (Lipinski definition) is 4. The summed E-state index contributed by atoms with van der Waals surface area (Å²) < 4.78 is 81.6. The Labute approximate surface area is 443 Å². The number of rotatable bonds is 16. The van der Waals surface area contributed by atoms with Crippen LogP contribution in [0, 0.1) is 22.7 Å². The van der Waals surface area contributed by atoms with Gasteiger partial charge in [-0.2, -0.15) is 0 Å². The summed E-state index contributed by atoms with van der Waals surface area (Å²) in [6.45, 7) is 18.4. The van der Waals surface area contributed by atoms with Crippen LogP contribution in [0.5, 0.6) is 0 Å². The van der Waals surface area contributed by atoms with Crippen molar-refractivity contribution in [2.24, 2.45) is 22.7 Å². The number of allylic oxidation sites excluding steroid dienone is 1. The molecule has 19 nitrogen and oxygen atoms in total. The zero-order valence-electron chi connectivity index (χ0n) is 46.9. The van der Waals surface area contributed by atoms with Crippen molar-refractivity contribution in [3.8, 4) is 0 Å². The van der Waals surface area contributed by atoms with Crippen LogP contribution in [0.15, 0.2) is 23.3 Å². The Balaban J connectivity index is 0.877. The third kappa shape index (κ3) is 10.6. The maximum atomic E-state index is 13.6. The fourth-order valence-electron chi connectivity index (χ4n) is 14.6. The molecule has 7 fully saturated rings. The van der Waals surface area contributed by atoms with Crippen molar-refractivity contribution in [2.45, 2.75) is 267 Å². The van der Waals surface area contributed by atoms with E-state index in [1.165, 1.54) is 13.0 Å². The summed E-state index contributed by atoms with van der Waals surface area (Å²) in [5.41, 5.74) is -6.10. The molecule has 0 amide bonds. The number of Topliss-reactive ketones (excluding diaryl/α,β-unsaturated/α-hetero) is 1. The zero-order valence-corrected chi connectivity index (χ0v) is 46.9. The Hall–Kier alpha value is -2.02. The van der Waals surface area contributed by atoms with Gasteiger partial charge in [-0.25, -0.2) is 4.79 Å². The Kier molecular flexibility index (Phi) is 18.0. The highest BCUT2D eigenvalue weighted by molar-refractivity contribution is 5.87. The van der Waals surface area contributed by atoms with Crippen molar-refractivity contribution in [3.63, 3.8) is 0 Å². The summed E-state index contributed by atoms with van der Waals surface area (Å²) in [7, 11) is 6.49. The van der Waals surface area contributed by atoms with Gasteiger partial charge in [0.2, 0.25) is 0 Å². The lowest BCUT2D eigenvalue weighted by molar-refractivity contribution is -0.347. The monoisotopic (exact) mass is 1070 g/mol. The summed E-state index contributed by atoms with van der Waals surface area (Å²) in [6.07, 6.45) is -2.49. The van der Waals surface area contributed by atoms with Crippen LogP contribution in [0.3, 0.4) is 0 Å². The predicted octanol–water partition coefficient (Wildman–Crippen LogP) is 5.12. The molecule has 0 spiro atoms. The highest BCUT2D eigenvalue weighted by Gasteiger charge is 2.81. The molecule has 428 valence electrons. The number of methoxy groups -OCH3 is 4. The van der Waals surface area contributed by atoms with Crippen molar-refractivity contribution >= 4 is 11.8 Å². The van der Waals surface area contributed by atoms with E-state index in [4.69, 9.17) is 61.6 Å². The number of carbonyl (C=O) groups is 2. The fraction of sp³-hybridized carbons (Fsp3) is 0.893. The van der Waals surface area contributed by atoms with Crippen LogP contribution < -0.4 is 0 Å². The van der Waals surface area contributed by atoms with E-state index in [2.05, 4.69) is 6.92 Å².